The number of primary amides is 1. The van der Waals surface area contributed by atoms with Crippen molar-refractivity contribution in [2.24, 2.45) is 5.73 Å². The topological polar surface area (TPSA) is 86.5 Å². The summed E-state index contributed by atoms with van der Waals surface area (Å²) in [5, 5.41) is 4.54. The Labute approximate surface area is 152 Å². The number of nitrogens with two attached hydrogens (primary N) is 1. The fraction of sp³-hybridized carbons (Fsp3) is 0.444. The summed E-state index contributed by atoms with van der Waals surface area (Å²) in [5.74, 6) is 0.558. The Kier molecular flexibility index (Phi) is 6.39. The first-order valence-electron chi connectivity index (χ1n) is 8.03. The molecule has 1 aromatic heterocycles. The molecule has 1 amide bonds. The molecule has 0 aliphatic rings. The van der Waals surface area contributed by atoms with Crippen LogP contribution < -0.4 is 20.5 Å². The predicted molar refractivity (Wildman–Crippen MR) is 99.0 cm³/mol. The number of benzene rings is 1. The number of amides is 1. The molecular weight excluding hydrogens is 338 g/mol. The van der Waals surface area contributed by atoms with Gasteiger partial charge < -0.3 is 20.5 Å². The van der Waals surface area contributed by atoms with Gasteiger partial charge in [0.1, 0.15) is 0 Å². The van der Waals surface area contributed by atoms with E-state index in [1.54, 1.807) is 24.5 Å². The Hall–Kier alpha value is -2.12. The molecule has 0 saturated heterocycles. The molecule has 136 valence electrons. The standard InChI is InChI=1S/C18H25N3O3S/c1-18(2,3)17-21-10-13(25-17)9-20-8-12-5-6-14(15(7-12)23-4)24-11-16(19)22/h5-7,10,20H,8-9,11H2,1-4H3,(H2,19,22). The van der Waals surface area contributed by atoms with Gasteiger partial charge in [0.2, 0.25) is 0 Å². The second-order valence-corrected chi connectivity index (χ2v) is 7.84. The lowest BCUT2D eigenvalue weighted by Crippen LogP contribution is -2.20. The van der Waals surface area contributed by atoms with Gasteiger partial charge in [-0.15, -0.1) is 11.3 Å². The zero-order valence-corrected chi connectivity index (χ0v) is 15.9. The Morgan fingerprint density at radius 2 is 2.04 bits per heavy atom. The van der Waals surface area contributed by atoms with Crippen LogP contribution in [0.3, 0.4) is 0 Å². The molecule has 0 atom stereocenters. The van der Waals surface area contributed by atoms with E-state index in [1.807, 2.05) is 18.3 Å². The molecule has 2 rings (SSSR count). The van der Waals surface area contributed by atoms with Crippen LogP contribution >= 0.6 is 11.3 Å². The second kappa shape index (κ2) is 8.31. The first-order chi connectivity index (χ1) is 11.8. The molecule has 0 saturated carbocycles. The quantitative estimate of drug-likeness (QED) is 0.753. The number of methoxy groups -OCH3 is 1. The van der Waals surface area contributed by atoms with E-state index >= 15 is 0 Å². The van der Waals surface area contributed by atoms with E-state index in [0.29, 0.717) is 18.0 Å². The third-order valence-electron chi connectivity index (χ3n) is 3.42. The van der Waals surface area contributed by atoms with Crippen molar-refractivity contribution < 1.29 is 14.3 Å². The van der Waals surface area contributed by atoms with Crippen molar-refractivity contribution in [3.63, 3.8) is 0 Å². The molecular formula is C18H25N3O3S. The summed E-state index contributed by atoms with van der Waals surface area (Å²) in [5.41, 5.74) is 6.23. The summed E-state index contributed by atoms with van der Waals surface area (Å²) in [6.45, 7) is 7.77. The minimum absolute atomic E-state index is 0.0804. The molecule has 0 bridgehead atoms. The van der Waals surface area contributed by atoms with Crippen LogP contribution in [0.15, 0.2) is 24.4 Å². The lowest BCUT2D eigenvalue weighted by atomic mass is 9.98. The summed E-state index contributed by atoms with van der Waals surface area (Å²) in [4.78, 5) is 16.5. The fourth-order valence-corrected chi connectivity index (χ4v) is 3.10. The number of carbonyl (C=O) groups is 1. The minimum Gasteiger partial charge on any atom is -0.493 e. The molecule has 0 fully saturated rings. The van der Waals surface area contributed by atoms with Gasteiger partial charge in [0.05, 0.1) is 12.1 Å². The van der Waals surface area contributed by atoms with E-state index in [2.05, 4.69) is 31.1 Å². The van der Waals surface area contributed by atoms with Crippen molar-refractivity contribution in [3.05, 3.63) is 39.8 Å². The molecule has 6 nitrogen and oxygen atoms in total. The van der Waals surface area contributed by atoms with Crippen molar-refractivity contribution >= 4 is 17.2 Å². The van der Waals surface area contributed by atoms with Crippen molar-refractivity contribution in [3.8, 4) is 11.5 Å². The Balaban J connectivity index is 1.92. The highest BCUT2D eigenvalue weighted by Crippen LogP contribution is 2.28. The summed E-state index contributed by atoms with van der Waals surface area (Å²) >= 11 is 1.73. The number of ether oxygens (including phenoxy) is 2. The van der Waals surface area contributed by atoms with Crippen LogP contribution in [0.25, 0.3) is 0 Å². The fourth-order valence-electron chi connectivity index (χ4n) is 2.16. The predicted octanol–water partition coefficient (Wildman–Crippen LogP) is 2.60. The number of carbonyl (C=O) groups excluding carboxylic acids is 1. The maximum absolute atomic E-state index is 10.8. The molecule has 0 aliphatic carbocycles. The van der Waals surface area contributed by atoms with E-state index in [4.69, 9.17) is 15.2 Å². The summed E-state index contributed by atoms with van der Waals surface area (Å²) in [6, 6.07) is 5.60. The smallest absolute Gasteiger partial charge is 0.255 e. The molecule has 0 spiro atoms. The molecule has 0 radical (unpaired) electrons. The SMILES string of the molecule is COc1cc(CNCc2cnc(C(C)(C)C)s2)ccc1OCC(N)=O. The largest absolute Gasteiger partial charge is 0.493 e. The average molecular weight is 363 g/mol. The second-order valence-electron chi connectivity index (χ2n) is 6.73. The third-order valence-corrected chi connectivity index (χ3v) is 4.84. The van der Waals surface area contributed by atoms with Crippen LogP contribution in [-0.2, 0) is 23.3 Å². The van der Waals surface area contributed by atoms with E-state index in [1.165, 1.54) is 4.88 Å². The zero-order chi connectivity index (χ0) is 18.4. The summed E-state index contributed by atoms with van der Waals surface area (Å²) in [7, 11) is 1.56. The van der Waals surface area contributed by atoms with E-state index < -0.39 is 5.91 Å². The zero-order valence-electron chi connectivity index (χ0n) is 15.1. The van der Waals surface area contributed by atoms with Gasteiger partial charge in [-0.25, -0.2) is 4.98 Å². The van der Waals surface area contributed by atoms with Crippen molar-refractivity contribution in [2.45, 2.75) is 39.3 Å². The van der Waals surface area contributed by atoms with Crippen LogP contribution in [0, 0.1) is 0 Å². The van der Waals surface area contributed by atoms with Gasteiger partial charge in [0, 0.05) is 29.6 Å². The molecule has 0 aliphatic heterocycles. The van der Waals surface area contributed by atoms with Crippen molar-refractivity contribution in [1.29, 1.82) is 0 Å². The molecule has 2 aromatic rings. The number of thiazole rings is 1. The first kappa shape index (κ1) is 19.2. The highest BCUT2D eigenvalue weighted by atomic mass is 32.1. The highest BCUT2D eigenvalue weighted by molar-refractivity contribution is 7.11. The maximum Gasteiger partial charge on any atom is 0.255 e. The summed E-state index contributed by atoms with van der Waals surface area (Å²) in [6.07, 6.45) is 1.93. The first-order valence-corrected chi connectivity index (χ1v) is 8.85. The van der Waals surface area contributed by atoms with Gasteiger partial charge in [-0.05, 0) is 17.7 Å². The molecule has 7 heteroatoms. The van der Waals surface area contributed by atoms with Gasteiger partial charge >= 0.3 is 0 Å². The molecule has 1 heterocycles. The molecule has 0 unspecified atom stereocenters. The maximum atomic E-state index is 10.8. The molecule has 3 N–H and O–H groups in total. The van der Waals surface area contributed by atoms with Crippen LogP contribution in [0.5, 0.6) is 11.5 Å². The summed E-state index contributed by atoms with van der Waals surface area (Å²) < 4.78 is 10.6. The Bertz CT molecular complexity index is 723. The van der Waals surface area contributed by atoms with Crippen molar-refractivity contribution in [2.75, 3.05) is 13.7 Å². The minimum atomic E-state index is -0.521. The van der Waals surface area contributed by atoms with Crippen LogP contribution in [0.4, 0.5) is 0 Å². The number of rotatable bonds is 8. The number of aromatic nitrogens is 1. The van der Waals surface area contributed by atoms with Crippen LogP contribution in [-0.4, -0.2) is 24.6 Å². The van der Waals surface area contributed by atoms with Gasteiger partial charge in [0.25, 0.3) is 5.91 Å². The van der Waals surface area contributed by atoms with E-state index in [-0.39, 0.29) is 12.0 Å². The Morgan fingerprint density at radius 1 is 1.28 bits per heavy atom. The third kappa shape index (κ3) is 5.72. The van der Waals surface area contributed by atoms with E-state index in [0.717, 1.165) is 17.1 Å². The molecule has 25 heavy (non-hydrogen) atoms. The lowest BCUT2D eigenvalue weighted by molar-refractivity contribution is -0.119. The van der Waals surface area contributed by atoms with Gasteiger partial charge in [-0.3, -0.25) is 4.79 Å². The number of nitrogens with zero attached hydrogens (tertiary/aromatic N) is 1. The monoisotopic (exact) mass is 363 g/mol. The van der Waals surface area contributed by atoms with Crippen LogP contribution in [0.1, 0.15) is 36.2 Å². The normalized spacial score (nSPS) is 11.4. The number of nitrogens with one attached hydrogen (secondary N) is 1. The van der Waals surface area contributed by atoms with Gasteiger partial charge in [0.15, 0.2) is 18.1 Å². The van der Waals surface area contributed by atoms with Gasteiger partial charge in [-0.1, -0.05) is 26.8 Å². The highest BCUT2D eigenvalue weighted by Gasteiger charge is 2.17. The van der Waals surface area contributed by atoms with Gasteiger partial charge in [-0.2, -0.15) is 0 Å². The molecule has 1 aromatic carbocycles. The number of hydrogen-bond acceptors (Lipinski definition) is 6. The number of hydrogen-bond donors (Lipinski definition) is 2. The van der Waals surface area contributed by atoms with Crippen molar-refractivity contribution in [1.82, 2.24) is 10.3 Å². The van der Waals surface area contributed by atoms with E-state index in [9.17, 15) is 4.79 Å². The average Bonchev–Trinajstić information content (AvgIpc) is 3.02. The Morgan fingerprint density at radius 3 is 2.64 bits per heavy atom. The lowest BCUT2D eigenvalue weighted by Gasteiger charge is -2.13. The van der Waals surface area contributed by atoms with Crippen LogP contribution in [0.2, 0.25) is 0 Å².